The first kappa shape index (κ1) is 17.8. The van der Waals surface area contributed by atoms with Gasteiger partial charge in [-0.05, 0) is 50.7 Å². The molecule has 0 aliphatic carbocycles. The first-order chi connectivity index (χ1) is 12.0. The number of hydrogen-bond donors (Lipinski definition) is 0. The quantitative estimate of drug-likeness (QED) is 0.843. The second kappa shape index (κ2) is 7.89. The van der Waals surface area contributed by atoms with Crippen molar-refractivity contribution in [2.45, 2.75) is 39.2 Å². The molecule has 0 spiro atoms. The molecule has 0 aromatic heterocycles. The maximum Gasteiger partial charge on any atom is 0.260 e. The Balaban J connectivity index is 1.55. The summed E-state index contributed by atoms with van der Waals surface area (Å²) in [7, 11) is 0. The number of likely N-dealkylation sites (tertiary alicyclic amines) is 2. The topological polar surface area (TPSA) is 49.9 Å². The van der Waals surface area contributed by atoms with Gasteiger partial charge in [0.2, 0.25) is 5.91 Å². The molecule has 0 unspecified atom stereocenters. The summed E-state index contributed by atoms with van der Waals surface area (Å²) < 4.78 is 5.59. The zero-order chi connectivity index (χ0) is 17.8. The fraction of sp³-hybridized carbons (Fsp3) is 0.600. The molecule has 0 bridgehead atoms. The van der Waals surface area contributed by atoms with Crippen molar-refractivity contribution in [2.24, 2.45) is 11.8 Å². The van der Waals surface area contributed by atoms with Crippen molar-refractivity contribution < 1.29 is 14.3 Å². The highest BCUT2D eigenvalue weighted by Crippen LogP contribution is 2.33. The van der Waals surface area contributed by atoms with E-state index in [9.17, 15) is 9.59 Å². The molecule has 1 aromatic rings. The Morgan fingerprint density at radius 2 is 1.88 bits per heavy atom. The van der Waals surface area contributed by atoms with E-state index in [-0.39, 0.29) is 24.5 Å². The molecular weight excluding hydrogens is 316 g/mol. The number of fused-ring (bicyclic) bond motifs is 1. The highest BCUT2D eigenvalue weighted by molar-refractivity contribution is 5.78. The van der Waals surface area contributed by atoms with Gasteiger partial charge in [0.15, 0.2) is 6.61 Å². The largest absolute Gasteiger partial charge is 0.484 e. The third kappa shape index (κ3) is 4.33. The maximum absolute atomic E-state index is 12.5. The lowest BCUT2D eigenvalue weighted by molar-refractivity contribution is -0.136. The van der Waals surface area contributed by atoms with E-state index in [1.807, 2.05) is 40.1 Å². The van der Waals surface area contributed by atoms with Crippen molar-refractivity contribution in [3.63, 3.8) is 0 Å². The van der Waals surface area contributed by atoms with E-state index in [1.54, 1.807) is 0 Å². The van der Waals surface area contributed by atoms with Crippen molar-refractivity contribution in [3.05, 3.63) is 30.3 Å². The third-order valence-electron chi connectivity index (χ3n) is 5.47. The van der Waals surface area contributed by atoms with Crippen molar-refractivity contribution >= 4 is 11.8 Å². The number of nitrogens with zero attached hydrogens (tertiary/aromatic N) is 2. The Morgan fingerprint density at radius 1 is 1.16 bits per heavy atom. The van der Waals surface area contributed by atoms with Gasteiger partial charge in [-0.15, -0.1) is 0 Å². The molecule has 0 saturated carbocycles. The molecule has 3 rings (SSSR count). The minimum atomic E-state index is 0.0404. The summed E-state index contributed by atoms with van der Waals surface area (Å²) >= 11 is 0. The van der Waals surface area contributed by atoms with E-state index in [0.717, 1.165) is 38.2 Å². The molecule has 2 heterocycles. The van der Waals surface area contributed by atoms with E-state index in [4.69, 9.17) is 4.74 Å². The molecule has 2 aliphatic rings. The van der Waals surface area contributed by atoms with Crippen molar-refractivity contribution in [2.75, 3.05) is 26.2 Å². The van der Waals surface area contributed by atoms with Crippen molar-refractivity contribution in [1.82, 2.24) is 9.80 Å². The molecule has 5 nitrogen and oxygen atoms in total. The van der Waals surface area contributed by atoms with Gasteiger partial charge in [-0.2, -0.15) is 0 Å². The first-order valence-electron chi connectivity index (χ1n) is 9.29. The smallest absolute Gasteiger partial charge is 0.260 e. The minimum absolute atomic E-state index is 0.0404. The monoisotopic (exact) mass is 344 g/mol. The van der Waals surface area contributed by atoms with Crippen LogP contribution in [0.2, 0.25) is 0 Å². The Labute approximate surface area is 149 Å². The van der Waals surface area contributed by atoms with Crippen LogP contribution in [0.25, 0.3) is 0 Å². The molecule has 0 radical (unpaired) electrons. The summed E-state index contributed by atoms with van der Waals surface area (Å²) in [6.45, 7) is 6.51. The van der Waals surface area contributed by atoms with E-state index in [1.165, 1.54) is 0 Å². The van der Waals surface area contributed by atoms with Crippen LogP contribution in [0.5, 0.6) is 5.75 Å². The van der Waals surface area contributed by atoms with Gasteiger partial charge in [0.05, 0.1) is 0 Å². The van der Waals surface area contributed by atoms with Gasteiger partial charge in [-0.25, -0.2) is 0 Å². The van der Waals surface area contributed by atoms with Crippen LogP contribution in [-0.4, -0.2) is 53.9 Å². The second-order valence-electron chi connectivity index (χ2n) is 7.42. The van der Waals surface area contributed by atoms with Crippen LogP contribution in [-0.2, 0) is 9.59 Å². The van der Waals surface area contributed by atoms with Gasteiger partial charge >= 0.3 is 0 Å². The molecule has 0 N–H and O–H groups in total. The maximum atomic E-state index is 12.5. The van der Waals surface area contributed by atoms with Gasteiger partial charge in [-0.1, -0.05) is 18.2 Å². The molecule has 2 amide bonds. The van der Waals surface area contributed by atoms with E-state index in [2.05, 4.69) is 13.8 Å². The van der Waals surface area contributed by atoms with Crippen LogP contribution < -0.4 is 4.74 Å². The Morgan fingerprint density at radius 3 is 2.60 bits per heavy atom. The first-order valence-corrected chi connectivity index (χ1v) is 9.29. The van der Waals surface area contributed by atoms with E-state index < -0.39 is 0 Å². The van der Waals surface area contributed by atoms with E-state index in [0.29, 0.717) is 18.3 Å². The predicted octanol–water partition coefficient (Wildman–Crippen LogP) is 2.56. The summed E-state index contributed by atoms with van der Waals surface area (Å²) in [5, 5.41) is 0. The molecule has 2 saturated heterocycles. The summed E-state index contributed by atoms with van der Waals surface area (Å²) in [5.74, 6) is 1.86. The average molecular weight is 344 g/mol. The summed E-state index contributed by atoms with van der Waals surface area (Å²) in [4.78, 5) is 28.8. The summed E-state index contributed by atoms with van der Waals surface area (Å²) in [5.41, 5.74) is 0. The number of amides is 2. The van der Waals surface area contributed by atoms with Crippen LogP contribution in [0.3, 0.4) is 0 Å². The average Bonchev–Trinajstić information content (AvgIpc) is 2.78. The number of para-hydroxylation sites is 1. The lowest BCUT2D eigenvalue weighted by atomic mass is 9.82. The van der Waals surface area contributed by atoms with Crippen LogP contribution in [0, 0.1) is 11.8 Å². The molecule has 1 aromatic carbocycles. The number of benzene rings is 1. The number of ether oxygens (including phenoxy) is 1. The van der Waals surface area contributed by atoms with Crippen molar-refractivity contribution in [1.29, 1.82) is 0 Å². The molecule has 2 aliphatic heterocycles. The fourth-order valence-electron chi connectivity index (χ4n) is 3.97. The van der Waals surface area contributed by atoms with Gasteiger partial charge < -0.3 is 14.5 Å². The van der Waals surface area contributed by atoms with Crippen LogP contribution in [0.1, 0.15) is 33.1 Å². The minimum Gasteiger partial charge on any atom is -0.484 e. The van der Waals surface area contributed by atoms with Gasteiger partial charge in [0.1, 0.15) is 5.75 Å². The highest BCUT2D eigenvalue weighted by Gasteiger charge is 2.36. The lowest BCUT2D eigenvalue weighted by Gasteiger charge is -2.37. The summed E-state index contributed by atoms with van der Waals surface area (Å²) in [6, 6.07) is 9.69. The Kier molecular flexibility index (Phi) is 5.61. The number of carbonyl (C=O) groups is 2. The van der Waals surface area contributed by atoms with Gasteiger partial charge in [-0.3, -0.25) is 9.59 Å². The SMILES string of the molecule is CC(C)N1CC[C@@H]2CN(C(=O)COc3ccccc3)CC[C@H]2CC1=O. The van der Waals surface area contributed by atoms with Gasteiger partial charge in [0.25, 0.3) is 5.91 Å². The number of piperidine rings is 1. The zero-order valence-corrected chi connectivity index (χ0v) is 15.2. The number of carbonyl (C=O) groups excluding carboxylic acids is 2. The molecule has 5 heteroatoms. The third-order valence-corrected chi connectivity index (χ3v) is 5.47. The van der Waals surface area contributed by atoms with Crippen molar-refractivity contribution in [3.8, 4) is 5.75 Å². The molecule has 136 valence electrons. The second-order valence-corrected chi connectivity index (χ2v) is 7.42. The number of hydrogen-bond acceptors (Lipinski definition) is 3. The van der Waals surface area contributed by atoms with Crippen LogP contribution >= 0.6 is 0 Å². The molecular formula is C20H28N2O3. The Bertz CT molecular complexity index is 602. The molecule has 25 heavy (non-hydrogen) atoms. The number of rotatable bonds is 4. The standard InChI is InChI=1S/C20H28N2O3/c1-15(2)22-11-9-17-13-21(10-8-16(17)12-19(22)23)20(24)14-25-18-6-4-3-5-7-18/h3-7,15-17H,8-14H2,1-2H3/t16-,17+/m0/s1. The highest BCUT2D eigenvalue weighted by atomic mass is 16.5. The van der Waals surface area contributed by atoms with Gasteiger partial charge in [0, 0.05) is 32.1 Å². The zero-order valence-electron chi connectivity index (χ0n) is 15.2. The Hall–Kier alpha value is -2.04. The van der Waals surface area contributed by atoms with Crippen LogP contribution in [0.4, 0.5) is 0 Å². The molecule has 2 fully saturated rings. The normalized spacial score (nSPS) is 24.0. The predicted molar refractivity (Wildman–Crippen MR) is 96.2 cm³/mol. The fourth-order valence-corrected chi connectivity index (χ4v) is 3.97. The summed E-state index contributed by atoms with van der Waals surface area (Å²) in [6.07, 6.45) is 2.53. The van der Waals surface area contributed by atoms with Crippen LogP contribution in [0.15, 0.2) is 30.3 Å². The lowest BCUT2D eigenvalue weighted by Crippen LogP contribution is -2.45. The van der Waals surface area contributed by atoms with E-state index >= 15 is 0 Å². The molecule has 2 atom stereocenters.